The number of ether oxygens (including phenoxy) is 1. The summed E-state index contributed by atoms with van der Waals surface area (Å²) in [6.07, 6.45) is 0. The molecule has 0 aliphatic carbocycles. The third-order valence-corrected chi connectivity index (χ3v) is 8.03. The number of anilines is 2. The fourth-order valence-corrected chi connectivity index (χ4v) is 5.92. The Labute approximate surface area is 213 Å². The number of rotatable bonds is 5. The molecule has 0 saturated carbocycles. The molecule has 0 fully saturated rings. The molecule has 0 spiro atoms. The average molecular weight is 521 g/mol. The Hall–Kier alpha value is -4.01. The summed E-state index contributed by atoms with van der Waals surface area (Å²) >= 11 is 5.99. The van der Waals surface area contributed by atoms with Gasteiger partial charge in [-0.1, -0.05) is 60.1 Å². The number of aliphatic hydroxyl groups is 1. The second-order valence-corrected chi connectivity index (χ2v) is 10.4. The molecule has 7 nitrogen and oxygen atoms in total. The molecule has 0 bridgehead atoms. The van der Waals surface area contributed by atoms with Crippen molar-refractivity contribution in [3.05, 3.63) is 106 Å². The standard InChI is InChI=1S/C27H21ClN2O5S/c1-35-20-13-14-24-22(15-20)25(31)26(36(33,34)30(24)16-17-9-11-19(28)12-10-17)27(32)29-23-8-4-6-18-5-2-3-7-21(18)23/h2-15,31H,16H2,1H3,(H,29,32). The molecule has 0 saturated heterocycles. The number of carbonyl (C=O) groups is 1. The molecule has 0 radical (unpaired) electrons. The van der Waals surface area contributed by atoms with Gasteiger partial charge in [0.1, 0.15) is 5.75 Å². The van der Waals surface area contributed by atoms with Crippen molar-refractivity contribution in [1.82, 2.24) is 0 Å². The van der Waals surface area contributed by atoms with Gasteiger partial charge in [0, 0.05) is 21.7 Å². The van der Waals surface area contributed by atoms with E-state index in [4.69, 9.17) is 16.3 Å². The number of hydrogen-bond acceptors (Lipinski definition) is 5. The quantitative estimate of drug-likeness (QED) is 0.351. The zero-order chi connectivity index (χ0) is 25.4. The lowest BCUT2D eigenvalue weighted by molar-refractivity contribution is -0.112. The van der Waals surface area contributed by atoms with Gasteiger partial charge in [0.05, 0.1) is 19.3 Å². The molecule has 1 aliphatic rings. The third kappa shape index (κ3) is 4.14. The summed E-state index contributed by atoms with van der Waals surface area (Å²) in [6, 6.07) is 24.1. The lowest BCUT2D eigenvalue weighted by atomic mass is 10.1. The zero-order valence-electron chi connectivity index (χ0n) is 19.1. The number of sulfonamides is 1. The molecule has 4 aromatic rings. The lowest BCUT2D eigenvalue weighted by Gasteiger charge is -2.31. The van der Waals surface area contributed by atoms with Crippen LogP contribution in [0.1, 0.15) is 11.1 Å². The van der Waals surface area contributed by atoms with E-state index in [-0.39, 0.29) is 17.8 Å². The second kappa shape index (κ2) is 9.22. The summed E-state index contributed by atoms with van der Waals surface area (Å²) in [4.78, 5) is 12.7. The molecular weight excluding hydrogens is 500 g/mol. The molecule has 5 rings (SSSR count). The number of hydrogen-bond donors (Lipinski definition) is 2. The molecule has 4 aromatic carbocycles. The highest BCUT2D eigenvalue weighted by atomic mass is 35.5. The normalized spacial score (nSPS) is 14.4. The molecule has 2 N–H and O–H groups in total. The molecule has 1 amide bonds. The number of fused-ring (bicyclic) bond motifs is 2. The minimum atomic E-state index is -4.45. The summed E-state index contributed by atoms with van der Waals surface area (Å²) in [6.45, 7) is -0.0723. The molecule has 182 valence electrons. The monoisotopic (exact) mass is 520 g/mol. The fraction of sp³-hybridized carbons (Fsp3) is 0.0741. The van der Waals surface area contributed by atoms with Crippen LogP contribution in [0.2, 0.25) is 5.02 Å². The molecule has 0 aromatic heterocycles. The summed E-state index contributed by atoms with van der Waals surface area (Å²) in [7, 11) is -2.99. The van der Waals surface area contributed by atoms with Crippen molar-refractivity contribution in [1.29, 1.82) is 0 Å². The van der Waals surface area contributed by atoms with Crippen LogP contribution in [0.3, 0.4) is 0 Å². The van der Waals surface area contributed by atoms with Crippen LogP contribution in [0, 0.1) is 0 Å². The largest absolute Gasteiger partial charge is 0.506 e. The van der Waals surface area contributed by atoms with Crippen molar-refractivity contribution < 1.29 is 23.1 Å². The SMILES string of the molecule is COc1ccc2c(c1)C(O)=C(C(=O)Nc1cccc3ccccc13)S(=O)(=O)N2Cc1ccc(Cl)cc1. The van der Waals surface area contributed by atoms with Crippen molar-refractivity contribution in [2.24, 2.45) is 0 Å². The number of amides is 1. The van der Waals surface area contributed by atoms with Crippen molar-refractivity contribution in [3.8, 4) is 5.75 Å². The number of methoxy groups -OCH3 is 1. The fourth-order valence-electron chi connectivity index (χ4n) is 4.20. The highest BCUT2D eigenvalue weighted by Gasteiger charge is 2.41. The van der Waals surface area contributed by atoms with Gasteiger partial charge in [0.2, 0.25) is 0 Å². The maximum atomic E-state index is 13.8. The maximum absolute atomic E-state index is 13.8. The molecule has 1 aliphatic heterocycles. The molecule has 0 atom stereocenters. The van der Waals surface area contributed by atoms with E-state index in [1.54, 1.807) is 42.5 Å². The van der Waals surface area contributed by atoms with Gasteiger partial charge in [-0.2, -0.15) is 0 Å². The van der Waals surface area contributed by atoms with E-state index in [1.807, 2.05) is 30.3 Å². The van der Waals surface area contributed by atoms with E-state index in [0.717, 1.165) is 15.1 Å². The molecular formula is C27H21ClN2O5S. The summed E-state index contributed by atoms with van der Waals surface area (Å²) < 4.78 is 34.0. The third-order valence-electron chi connectivity index (χ3n) is 5.97. The Morgan fingerprint density at radius 3 is 2.47 bits per heavy atom. The van der Waals surface area contributed by atoms with E-state index in [0.29, 0.717) is 22.0 Å². The molecule has 0 unspecified atom stereocenters. The summed E-state index contributed by atoms with van der Waals surface area (Å²) in [5.41, 5.74) is 1.47. The van der Waals surface area contributed by atoms with E-state index < -0.39 is 26.6 Å². The predicted octanol–water partition coefficient (Wildman–Crippen LogP) is 5.72. The van der Waals surface area contributed by atoms with Crippen LogP contribution >= 0.6 is 11.6 Å². The first-order valence-corrected chi connectivity index (χ1v) is 12.8. The average Bonchev–Trinajstić information content (AvgIpc) is 2.87. The first-order valence-electron chi connectivity index (χ1n) is 11.0. The Morgan fingerprint density at radius 1 is 1.00 bits per heavy atom. The van der Waals surface area contributed by atoms with E-state index >= 15 is 0 Å². The van der Waals surface area contributed by atoms with Gasteiger partial charge >= 0.3 is 0 Å². The molecule has 1 heterocycles. The lowest BCUT2D eigenvalue weighted by Crippen LogP contribution is -2.39. The number of aliphatic hydroxyl groups excluding tert-OH is 1. The van der Waals surface area contributed by atoms with Crippen molar-refractivity contribution in [2.75, 3.05) is 16.7 Å². The summed E-state index contributed by atoms with van der Waals surface area (Å²) in [5.74, 6) is -1.19. The van der Waals surface area contributed by atoms with Gasteiger partial charge in [-0.05, 0) is 47.3 Å². The van der Waals surface area contributed by atoms with Crippen molar-refractivity contribution in [2.45, 2.75) is 6.54 Å². The number of carbonyl (C=O) groups excluding carboxylic acids is 1. The number of nitrogens with zero attached hydrogens (tertiary/aromatic N) is 1. The zero-order valence-corrected chi connectivity index (χ0v) is 20.7. The van der Waals surface area contributed by atoms with Crippen LogP contribution in [0.15, 0.2) is 89.8 Å². The summed E-state index contributed by atoms with van der Waals surface area (Å²) in [5, 5.41) is 15.9. The van der Waals surface area contributed by atoms with Gasteiger partial charge in [-0.15, -0.1) is 0 Å². The maximum Gasteiger partial charge on any atom is 0.273 e. The van der Waals surface area contributed by atoms with Crippen LogP contribution in [0.4, 0.5) is 11.4 Å². The predicted molar refractivity (Wildman–Crippen MR) is 142 cm³/mol. The second-order valence-electron chi connectivity index (χ2n) is 8.18. The Kier molecular flexibility index (Phi) is 6.07. The van der Waals surface area contributed by atoms with Crippen LogP contribution in [0.5, 0.6) is 5.75 Å². The highest BCUT2D eigenvalue weighted by Crippen LogP contribution is 2.41. The van der Waals surface area contributed by atoms with Crippen molar-refractivity contribution >= 4 is 55.4 Å². The van der Waals surface area contributed by atoms with Crippen LogP contribution < -0.4 is 14.4 Å². The Bertz CT molecular complexity index is 1630. The first kappa shape index (κ1) is 23.7. The van der Waals surface area contributed by atoms with E-state index in [1.165, 1.54) is 19.2 Å². The van der Waals surface area contributed by atoms with Gasteiger partial charge in [-0.25, -0.2) is 8.42 Å². The van der Waals surface area contributed by atoms with Gasteiger partial charge in [0.25, 0.3) is 15.9 Å². The highest BCUT2D eigenvalue weighted by molar-refractivity contribution is 7.97. The van der Waals surface area contributed by atoms with Gasteiger partial charge in [-0.3, -0.25) is 9.10 Å². The number of benzene rings is 4. The van der Waals surface area contributed by atoms with Gasteiger partial charge in [0.15, 0.2) is 10.7 Å². The van der Waals surface area contributed by atoms with Crippen LogP contribution in [-0.2, 0) is 21.4 Å². The van der Waals surface area contributed by atoms with Crippen LogP contribution in [-0.4, -0.2) is 26.5 Å². The minimum absolute atomic E-state index is 0.0723. The van der Waals surface area contributed by atoms with Crippen LogP contribution in [0.25, 0.3) is 16.5 Å². The molecule has 9 heteroatoms. The smallest absolute Gasteiger partial charge is 0.273 e. The Morgan fingerprint density at radius 2 is 1.72 bits per heavy atom. The number of nitrogens with one attached hydrogen (secondary N) is 1. The topological polar surface area (TPSA) is 95.9 Å². The minimum Gasteiger partial charge on any atom is -0.506 e. The van der Waals surface area contributed by atoms with Gasteiger partial charge < -0.3 is 15.2 Å². The van der Waals surface area contributed by atoms with E-state index in [2.05, 4.69) is 5.32 Å². The van der Waals surface area contributed by atoms with Crippen molar-refractivity contribution in [3.63, 3.8) is 0 Å². The molecule has 36 heavy (non-hydrogen) atoms. The Balaban J connectivity index is 1.63. The number of halogens is 1. The van der Waals surface area contributed by atoms with E-state index in [9.17, 15) is 18.3 Å². The first-order chi connectivity index (χ1) is 17.3.